The fourth-order valence-electron chi connectivity index (χ4n) is 0.886. The minimum absolute atomic E-state index is 0.0223. The van der Waals surface area contributed by atoms with Gasteiger partial charge in [0, 0.05) is 4.57 Å². The van der Waals surface area contributed by atoms with Gasteiger partial charge in [0.05, 0.1) is 0 Å². The molecular formula is C12H18O7P+. The maximum atomic E-state index is 11.5. The van der Waals surface area contributed by atoms with Gasteiger partial charge < -0.3 is 9.47 Å². The molecular weight excluding hydrogens is 287 g/mol. The van der Waals surface area contributed by atoms with Crippen molar-refractivity contribution in [2.45, 2.75) is 26.1 Å². The van der Waals surface area contributed by atoms with E-state index in [0.29, 0.717) is 0 Å². The van der Waals surface area contributed by atoms with Crippen LogP contribution in [0.4, 0.5) is 0 Å². The third-order valence-electron chi connectivity index (χ3n) is 1.84. The molecule has 0 fully saturated rings. The van der Waals surface area contributed by atoms with Crippen LogP contribution in [-0.4, -0.2) is 37.4 Å². The van der Waals surface area contributed by atoms with Crippen LogP contribution >= 0.6 is 8.25 Å². The standard InChI is InChI=1S/C12H18O7P/c1-5-7-16-11(13)9(3)18-20(15)19-10(4)12(14)17-8-6-2/h5-6,9-10H,1-2,7-8H2,3-4H3/q+1. The molecule has 0 aromatic carbocycles. The Labute approximate surface area is 118 Å². The summed E-state index contributed by atoms with van der Waals surface area (Å²) in [5, 5.41) is 0. The predicted octanol–water partition coefficient (Wildman–Crippen LogP) is 1.91. The Balaban J connectivity index is 4.14. The Hall–Kier alpha value is -1.56. The van der Waals surface area contributed by atoms with Crippen LogP contribution in [0.3, 0.4) is 0 Å². The molecule has 0 aliphatic heterocycles. The van der Waals surface area contributed by atoms with Gasteiger partial charge in [-0.25, -0.2) is 9.59 Å². The Bertz CT molecular complexity index is 346. The van der Waals surface area contributed by atoms with Crippen LogP contribution in [0.1, 0.15) is 13.8 Å². The topological polar surface area (TPSA) is 88.1 Å². The summed E-state index contributed by atoms with van der Waals surface area (Å²) in [4.78, 5) is 22.6. The lowest BCUT2D eigenvalue weighted by Gasteiger charge is -2.06. The first-order valence-electron chi connectivity index (χ1n) is 5.78. The SMILES string of the molecule is C=CCOC(=O)C(C)O[P+](=O)OC(C)C(=O)OCC=C. The molecule has 0 aliphatic rings. The monoisotopic (exact) mass is 305 g/mol. The molecule has 0 amide bonds. The van der Waals surface area contributed by atoms with Crippen molar-refractivity contribution >= 4 is 20.2 Å². The van der Waals surface area contributed by atoms with Gasteiger partial charge in [-0.3, -0.25) is 0 Å². The smallest absolute Gasteiger partial charge is 0.459 e. The van der Waals surface area contributed by atoms with Gasteiger partial charge in [0.25, 0.3) is 0 Å². The van der Waals surface area contributed by atoms with Crippen molar-refractivity contribution in [3.63, 3.8) is 0 Å². The highest BCUT2D eigenvalue weighted by Crippen LogP contribution is 2.28. The molecule has 20 heavy (non-hydrogen) atoms. The van der Waals surface area contributed by atoms with Crippen LogP contribution in [0.5, 0.6) is 0 Å². The third-order valence-corrected chi connectivity index (χ3v) is 2.82. The van der Waals surface area contributed by atoms with Crippen molar-refractivity contribution < 1.29 is 32.7 Å². The number of carbonyl (C=O) groups is 2. The Kier molecular flexibility index (Phi) is 9.45. The number of rotatable bonds is 10. The van der Waals surface area contributed by atoms with Gasteiger partial charge >= 0.3 is 20.2 Å². The summed E-state index contributed by atoms with van der Waals surface area (Å²) < 4.78 is 30.4. The van der Waals surface area contributed by atoms with E-state index in [1.807, 2.05) is 0 Å². The molecule has 0 saturated heterocycles. The van der Waals surface area contributed by atoms with E-state index in [2.05, 4.69) is 13.2 Å². The van der Waals surface area contributed by atoms with Crippen LogP contribution < -0.4 is 0 Å². The molecule has 0 bridgehead atoms. The summed E-state index contributed by atoms with van der Waals surface area (Å²) in [7, 11) is -2.66. The van der Waals surface area contributed by atoms with E-state index in [4.69, 9.17) is 18.5 Å². The van der Waals surface area contributed by atoms with E-state index >= 15 is 0 Å². The zero-order valence-electron chi connectivity index (χ0n) is 11.4. The second-order valence-electron chi connectivity index (χ2n) is 3.56. The summed E-state index contributed by atoms with van der Waals surface area (Å²) in [6, 6.07) is 0. The Morgan fingerprint density at radius 3 is 1.65 bits per heavy atom. The summed E-state index contributed by atoms with van der Waals surface area (Å²) in [5.74, 6) is -1.42. The van der Waals surface area contributed by atoms with E-state index in [-0.39, 0.29) is 13.2 Å². The van der Waals surface area contributed by atoms with Gasteiger partial charge in [-0.2, -0.15) is 0 Å². The van der Waals surface area contributed by atoms with Crippen molar-refractivity contribution in [1.29, 1.82) is 0 Å². The lowest BCUT2D eigenvalue weighted by molar-refractivity contribution is -0.151. The minimum atomic E-state index is -2.66. The van der Waals surface area contributed by atoms with Gasteiger partial charge in [0.15, 0.2) is 0 Å². The van der Waals surface area contributed by atoms with Crippen LogP contribution in [-0.2, 0) is 32.7 Å². The quantitative estimate of drug-likeness (QED) is 0.346. The van der Waals surface area contributed by atoms with Crippen molar-refractivity contribution in [2.24, 2.45) is 0 Å². The molecule has 2 unspecified atom stereocenters. The van der Waals surface area contributed by atoms with Crippen LogP contribution in [0.2, 0.25) is 0 Å². The van der Waals surface area contributed by atoms with Gasteiger partial charge in [-0.1, -0.05) is 25.3 Å². The van der Waals surface area contributed by atoms with Gasteiger partial charge in [-0.05, 0) is 13.8 Å². The molecule has 2 atom stereocenters. The molecule has 0 aromatic rings. The van der Waals surface area contributed by atoms with E-state index in [1.165, 1.54) is 26.0 Å². The number of carbonyl (C=O) groups excluding carboxylic acids is 2. The summed E-state index contributed by atoms with van der Waals surface area (Å²) in [5.41, 5.74) is 0. The number of hydrogen-bond donors (Lipinski definition) is 0. The van der Waals surface area contributed by atoms with Crippen molar-refractivity contribution in [3.8, 4) is 0 Å². The largest absolute Gasteiger partial charge is 0.699 e. The lowest BCUT2D eigenvalue weighted by Crippen LogP contribution is -2.24. The highest BCUT2D eigenvalue weighted by atomic mass is 31.1. The number of hydrogen-bond acceptors (Lipinski definition) is 7. The predicted molar refractivity (Wildman–Crippen MR) is 71.0 cm³/mol. The van der Waals surface area contributed by atoms with Crippen LogP contribution in [0, 0.1) is 0 Å². The first-order chi connectivity index (χ1) is 9.42. The normalized spacial score (nSPS) is 13.8. The molecule has 0 N–H and O–H groups in total. The molecule has 0 spiro atoms. The fraction of sp³-hybridized carbons (Fsp3) is 0.500. The van der Waals surface area contributed by atoms with E-state index in [1.54, 1.807) is 0 Å². The number of esters is 2. The average Bonchev–Trinajstić information content (AvgIpc) is 2.41. The molecule has 0 aliphatic carbocycles. The molecule has 8 heteroatoms. The van der Waals surface area contributed by atoms with E-state index < -0.39 is 32.4 Å². The van der Waals surface area contributed by atoms with Gasteiger partial charge in [0.1, 0.15) is 13.2 Å². The summed E-state index contributed by atoms with van der Waals surface area (Å²) in [6.07, 6.45) is 0.599. The molecule has 0 rings (SSSR count). The highest BCUT2D eigenvalue weighted by Gasteiger charge is 2.35. The maximum absolute atomic E-state index is 11.5. The lowest BCUT2D eigenvalue weighted by atomic mass is 10.4. The second-order valence-corrected chi connectivity index (χ2v) is 4.43. The zero-order chi connectivity index (χ0) is 15.5. The Morgan fingerprint density at radius 2 is 1.35 bits per heavy atom. The van der Waals surface area contributed by atoms with Gasteiger partial charge in [-0.15, -0.1) is 9.05 Å². The molecule has 112 valence electrons. The molecule has 0 heterocycles. The first kappa shape index (κ1) is 18.4. The van der Waals surface area contributed by atoms with Crippen LogP contribution in [0.15, 0.2) is 25.3 Å². The first-order valence-corrected chi connectivity index (χ1v) is 6.87. The van der Waals surface area contributed by atoms with E-state index in [0.717, 1.165) is 0 Å². The summed E-state index contributed by atoms with van der Waals surface area (Å²) in [6.45, 7) is 9.50. The highest BCUT2D eigenvalue weighted by molar-refractivity contribution is 7.33. The van der Waals surface area contributed by atoms with Crippen LogP contribution in [0.25, 0.3) is 0 Å². The minimum Gasteiger partial charge on any atom is -0.459 e. The third kappa shape index (κ3) is 7.78. The molecule has 0 saturated carbocycles. The second kappa shape index (κ2) is 10.3. The van der Waals surface area contributed by atoms with E-state index in [9.17, 15) is 14.2 Å². The van der Waals surface area contributed by atoms with Crippen molar-refractivity contribution in [3.05, 3.63) is 25.3 Å². The molecule has 7 nitrogen and oxygen atoms in total. The molecule has 0 radical (unpaired) electrons. The summed E-state index contributed by atoms with van der Waals surface area (Å²) >= 11 is 0. The van der Waals surface area contributed by atoms with Gasteiger partial charge in [0.2, 0.25) is 12.2 Å². The number of ether oxygens (including phenoxy) is 2. The Morgan fingerprint density at radius 1 is 1.00 bits per heavy atom. The maximum Gasteiger partial charge on any atom is 0.699 e. The zero-order valence-corrected chi connectivity index (χ0v) is 12.3. The fourth-order valence-corrected chi connectivity index (χ4v) is 1.62. The van der Waals surface area contributed by atoms with Crippen molar-refractivity contribution in [1.82, 2.24) is 0 Å². The molecule has 0 aromatic heterocycles. The average molecular weight is 305 g/mol. The van der Waals surface area contributed by atoms with Crippen molar-refractivity contribution in [2.75, 3.05) is 13.2 Å².